The van der Waals surface area contributed by atoms with Crippen LogP contribution in [0.25, 0.3) is 11.1 Å². The van der Waals surface area contributed by atoms with Gasteiger partial charge in [0.2, 0.25) is 0 Å². The predicted octanol–water partition coefficient (Wildman–Crippen LogP) is 6.63. The molecule has 0 aliphatic rings. The molecule has 0 fully saturated rings. The Morgan fingerprint density at radius 1 is 0.880 bits per heavy atom. The van der Waals surface area contributed by atoms with Gasteiger partial charge in [-0.15, -0.1) is 0 Å². The second-order valence-electron chi connectivity index (χ2n) is 7.90. The van der Waals surface area contributed by atoms with Crippen LogP contribution >= 0.6 is 0 Å². The molecular weight excluding hydrogens is 308 g/mol. The first-order chi connectivity index (χ1) is 11.8. The van der Waals surface area contributed by atoms with Crippen molar-refractivity contribution < 1.29 is 10.2 Å². The van der Waals surface area contributed by atoms with Crippen LogP contribution in [0.3, 0.4) is 0 Å². The summed E-state index contributed by atoms with van der Waals surface area (Å²) in [6, 6.07) is 9.77. The zero-order valence-electron chi connectivity index (χ0n) is 16.3. The number of rotatable bonds is 7. The predicted molar refractivity (Wildman–Crippen MR) is 106 cm³/mol. The van der Waals surface area contributed by atoms with Crippen LogP contribution in [-0.2, 0) is 5.41 Å². The molecule has 2 rings (SSSR count). The minimum Gasteiger partial charge on any atom is -0.507 e. The first-order valence-electron chi connectivity index (χ1n) is 9.40. The van der Waals surface area contributed by atoms with Crippen LogP contribution in [-0.4, -0.2) is 10.2 Å². The summed E-state index contributed by atoms with van der Waals surface area (Å²) in [7, 11) is 0. The smallest absolute Gasteiger partial charge is 0.126 e. The second-order valence-corrected chi connectivity index (χ2v) is 7.90. The standard InChI is InChI=1S/C23H32O2/c1-6-7-8-9-12-23(4,5)18-10-11-19(21(24)15-18)20-14-16(2)13-17(3)22(20)25/h10-11,13-15,24-25H,6-9,12H2,1-5H3. The van der Waals surface area contributed by atoms with Crippen LogP contribution in [0.1, 0.15) is 69.6 Å². The van der Waals surface area contributed by atoms with Gasteiger partial charge < -0.3 is 10.2 Å². The number of aryl methyl sites for hydroxylation is 2. The van der Waals surface area contributed by atoms with Gasteiger partial charge in [0.1, 0.15) is 11.5 Å². The summed E-state index contributed by atoms with van der Waals surface area (Å²) in [5.74, 6) is 0.479. The van der Waals surface area contributed by atoms with Crippen molar-refractivity contribution in [2.45, 2.75) is 72.1 Å². The molecule has 25 heavy (non-hydrogen) atoms. The van der Waals surface area contributed by atoms with Crippen molar-refractivity contribution in [3.8, 4) is 22.6 Å². The van der Waals surface area contributed by atoms with Crippen molar-refractivity contribution in [2.24, 2.45) is 0 Å². The minimum atomic E-state index is 0.0360. The minimum absolute atomic E-state index is 0.0360. The zero-order chi connectivity index (χ0) is 18.6. The van der Waals surface area contributed by atoms with E-state index in [0.29, 0.717) is 11.1 Å². The molecule has 136 valence electrons. The van der Waals surface area contributed by atoms with Crippen LogP contribution in [0.2, 0.25) is 0 Å². The Bertz CT molecular complexity index is 729. The van der Waals surface area contributed by atoms with Crippen LogP contribution in [0.15, 0.2) is 30.3 Å². The quantitative estimate of drug-likeness (QED) is 0.555. The molecule has 2 nitrogen and oxygen atoms in total. The van der Waals surface area contributed by atoms with Gasteiger partial charge in [0.05, 0.1) is 0 Å². The van der Waals surface area contributed by atoms with Gasteiger partial charge in [0.15, 0.2) is 0 Å². The van der Waals surface area contributed by atoms with Gasteiger partial charge in [-0.25, -0.2) is 0 Å². The SMILES string of the molecule is CCCCCCC(C)(C)c1ccc(-c2cc(C)cc(C)c2O)c(O)c1. The van der Waals surface area contributed by atoms with E-state index in [0.717, 1.165) is 23.1 Å². The average molecular weight is 341 g/mol. The number of benzene rings is 2. The number of hydrogen-bond donors (Lipinski definition) is 2. The van der Waals surface area contributed by atoms with E-state index in [2.05, 4.69) is 26.8 Å². The highest BCUT2D eigenvalue weighted by molar-refractivity contribution is 5.77. The lowest BCUT2D eigenvalue weighted by molar-refractivity contribution is 0.437. The van der Waals surface area contributed by atoms with Gasteiger partial charge in [-0.3, -0.25) is 0 Å². The molecule has 0 aliphatic heterocycles. The van der Waals surface area contributed by atoms with Crippen LogP contribution in [0.4, 0.5) is 0 Å². The highest BCUT2D eigenvalue weighted by atomic mass is 16.3. The summed E-state index contributed by atoms with van der Waals surface area (Å²) in [6.45, 7) is 10.6. The number of phenols is 2. The number of unbranched alkanes of at least 4 members (excludes halogenated alkanes) is 3. The first-order valence-corrected chi connectivity index (χ1v) is 9.40. The van der Waals surface area contributed by atoms with E-state index in [1.54, 1.807) is 0 Å². The lowest BCUT2D eigenvalue weighted by Gasteiger charge is -2.26. The highest BCUT2D eigenvalue weighted by Crippen LogP contribution is 2.40. The Balaban J connectivity index is 2.29. The lowest BCUT2D eigenvalue weighted by Crippen LogP contribution is -2.16. The van der Waals surface area contributed by atoms with Gasteiger partial charge in [-0.1, -0.05) is 64.7 Å². The van der Waals surface area contributed by atoms with Crippen molar-refractivity contribution >= 4 is 0 Å². The van der Waals surface area contributed by atoms with Gasteiger partial charge >= 0.3 is 0 Å². The summed E-state index contributed by atoms with van der Waals surface area (Å²) in [5.41, 5.74) is 4.47. The van der Waals surface area contributed by atoms with E-state index in [1.807, 2.05) is 38.1 Å². The second kappa shape index (κ2) is 7.95. The van der Waals surface area contributed by atoms with Gasteiger partial charge in [-0.05, 0) is 54.5 Å². The number of phenolic OH excluding ortho intramolecular Hbond substituents is 2. The molecule has 0 heterocycles. The highest BCUT2D eigenvalue weighted by Gasteiger charge is 2.22. The van der Waals surface area contributed by atoms with Crippen molar-refractivity contribution in [2.75, 3.05) is 0 Å². The Hall–Kier alpha value is -1.96. The fourth-order valence-corrected chi connectivity index (χ4v) is 3.48. The Kier molecular flexibility index (Phi) is 6.16. The third kappa shape index (κ3) is 4.56. The fourth-order valence-electron chi connectivity index (χ4n) is 3.48. The molecule has 0 spiro atoms. The molecule has 0 saturated heterocycles. The van der Waals surface area contributed by atoms with Crippen molar-refractivity contribution in [1.29, 1.82) is 0 Å². The monoisotopic (exact) mass is 340 g/mol. The first kappa shape index (κ1) is 19.4. The molecule has 2 N–H and O–H groups in total. The normalized spacial score (nSPS) is 11.7. The molecule has 0 amide bonds. The summed E-state index contributed by atoms with van der Waals surface area (Å²) in [6.07, 6.45) is 6.11. The van der Waals surface area contributed by atoms with Gasteiger partial charge in [-0.2, -0.15) is 0 Å². The van der Waals surface area contributed by atoms with E-state index in [-0.39, 0.29) is 16.9 Å². The van der Waals surface area contributed by atoms with Crippen LogP contribution in [0, 0.1) is 13.8 Å². The molecule has 2 aromatic carbocycles. The molecular formula is C23H32O2. The van der Waals surface area contributed by atoms with E-state index in [4.69, 9.17) is 0 Å². The number of hydrogen-bond acceptors (Lipinski definition) is 2. The van der Waals surface area contributed by atoms with Gasteiger partial charge in [0.25, 0.3) is 0 Å². The molecule has 0 aliphatic carbocycles. The Labute approximate surface area is 152 Å². The lowest BCUT2D eigenvalue weighted by atomic mass is 9.79. The number of aromatic hydroxyl groups is 2. The van der Waals surface area contributed by atoms with Gasteiger partial charge in [0, 0.05) is 11.1 Å². The molecule has 0 aromatic heterocycles. The third-order valence-corrected chi connectivity index (χ3v) is 5.17. The van der Waals surface area contributed by atoms with E-state index in [9.17, 15) is 10.2 Å². The van der Waals surface area contributed by atoms with Crippen LogP contribution in [0.5, 0.6) is 11.5 Å². The summed E-state index contributed by atoms with van der Waals surface area (Å²) >= 11 is 0. The molecule has 0 radical (unpaired) electrons. The van der Waals surface area contributed by atoms with Crippen LogP contribution < -0.4 is 0 Å². The summed E-state index contributed by atoms with van der Waals surface area (Å²) < 4.78 is 0. The maximum absolute atomic E-state index is 10.6. The fraction of sp³-hybridized carbons (Fsp3) is 0.478. The van der Waals surface area contributed by atoms with Crippen molar-refractivity contribution in [3.63, 3.8) is 0 Å². The molecule has 0 bridgehead atoms. The largest absolute Gasteiger partial charge is 0.507 e. The summed E-state index contributed by atoms with van der Waals surface area (Å²) in [5, 5.41) is 21.0. The van der Waals surface area contributed by atoms with Crippen molar-refractivity contribution in [1.82, 2.24) is 0 Å². The maximum Gasteiger partial charge on any atom is 0.126 e. The maximum atomic E-state index is 10.6. The molecule has 0 atom stereocenters. The topological polar surface area (TPSA) is 40.5 Å². The Morgan fingerprint density at radius 3 is 2.24 bits per heavy atom. The zero-order valence-corrected chi connectivity index (χ0v) is 16.3. The Morgan fingerprint density at radius 2 is 1.60 bits per heavy atom. The third-order valence-electron chi connectivity index (χ3n) is 5.17. The van der Waals surface area contributed by atoms with E-state index >= 15 is 0 Å². The van der Waals surface area contributed by atoms with Crippen molar-refractivity contribution in [3.05, 3.63) is 47.0 Å². The average Bonchev–Trinajstić information content (AvgIpc) is 2.55. The summed E-state index contributed by atoms with van der Waals surface area (Å²) in [4.78, 5) is 0. The molecule has 2 heteroatoms. The molecule has 2 aromatic rings. The van der Waals surface area contributed by atoms with E-state index in [1.165, 1.54) is 25.7 Å². The molecule has 0 unspecified atom stereocenters. The van der Waals surface area contributed by atoms with E-state index < -0.39 is 0 Å². The molecule has 0 saturated carbocycles.